The van der Waals surface area contributed by atoms with E-state index in [1.807, 2.05) is 0 Å². The maximum atomic E-state index is 12.1. The first-order chi connectivity index (χ1) is 12.0. The normalized spacial score (nSPS) is 12.8. The van der Waals surface area contributed by atoms with Gasteiger partial charge in [0.25, 0.3) is 5.69 Å². The maximum Gasteiger partial charge on any atom is 0.276 e. The number of halogens is 1. The minimum absolute atomic E-state index is 0.0797. The fraction of sp³-hybridized carbons (Fsp3) is 0.118. The number of para-hydroxylation sites is 1. The van der Waals surface area contributed by atoms with Gasteiger partial charge in [0.1, 0.15) is 13.2 Å². The fourth-order valence-electron chi connectivity index (χ4n) is 2.29. The van der Waals surface area contributed by atoms with Crippen molar-refractivity contribution < 1.29 is 19.2 Å². The highest BCUT2D eigenvalue weighted by Gasteiger charge is 2.16. The minimum Gasteiger partial charge on any atom is -0.486 e. The van der Waals surface area contributed by atoms with Crippen LogP contribution in [0.5, 0.6) is 11.5 Å². The fourth-order valence-corrected chi connectivity index (χ4v) is 2.50. The number of carbonyl (C=O) groups excluding carboxylic acids is 1. The number of nitro benzene ring substituents is 1. The molecular weight excluding hydrogens is 348 g/mol. The molecule has 1 N–H and O–H groups in total. The van der Waals surface area contributed by atoms with Gasteiger partial charge in [-0.25, -0.2) is 0 Å². The summed E-state index contributed by atoms with van der Waals surface area (Å²) < 4.78 is 10.8. The molecule has 7 nitrogen and oxygen atoms in total. The molecule has 3 rings (SSSR count). The van der Waals surface area contributed by atoms with Crippen molar-refractivity contribution in [3.05, 3.63) is 63.2 Å². The molecule has 1 amide bonds. The van der Waals surface area contributed by atoms with Crippen LogP contribution < -0.4 is 14.8 Å². The lowest BCUT2D eigenvalue weighted by atomic mass is 10.1. The molecule has 8 heteroatoms. The molecule has 1 aliphatic rings. The number of hydrogen-bond donors (Lipinski definition) is 1. The van der Waals surface area contributed by atoms with Crippen LogP contribution in [-0.2, 0) is 4.79 Å². The van der Waals surface area contributed by atoms with Crippen molar-refractivity contribution in [1.82, 2.24) is 0 Å². The molecule has 2 aromatic carbocycles. The van der Waals surface area contributed by atoms with Crippen LogP contribution in [0.2, 0.25) is 5.02 Å². The smallest absolute Gasteiger partial charge is 0.276 e. The van der Waals surface area contributed by atoms with Gasteiger partial charge in [0.15, 0.2) is 11.5 Å². The highest BCUT2D eigenvalue weighted by Crippen LogP contribution is 2.37. The predicted molar refractivity (Wildman–Crippen MR) is 93.2 cm³/mol. The summed E-state index contributed by atoms with van der Waals surface area (Å²) in [6.07, 6.45) is 2.58. The van der Waals surface area contributed by atoms with Crippen molar-refractivity contribution in [2.24, 2.45) is 0 Å². The number of nitro groups is 1. The third-order valence-corrected chi connectivity index (χ3v) is 3.75. The summed E-state index contributed by atoms with van der Waals surface area (Å²) in [6.45, 7) is 0.854. The molecule has 1 aliphatic heterocycles. The quantitative estimate of drug-likeness (QED) is 0.510. The Labute approximate surface area is 148 Å². The number of anilines is 1. The van der Waals surface area contributed by atoms with E-state index in [4.69, 9.17) is 21.1 Å². The first-order valence-corrected chi connectivity index (χ1v) is 7.74. The molecule has 0 aliphatic carbocycles. The SMILES string of the molecule is O=C(/C=C/c1ccccc1[N+](=O)[O-])Nc1cc2c(cc1Cl)OCCO2. The molecule has 0 atom stereocenters. The molecule has 0 unspecified atom stereocenters. The Bertz CT molecular complexity index is 866. The second-order valence-electron chi connectivity index (χ2n) is 5.11. The van der Waals surface area contributed by atoms with Gasteiger partial charge < -0.3 is 14.8 Å². The molecule has 0 radical (unpaired) electrons. The van der Waals surface area contributed by atoms with Gasteiger partial charge in [-0.1, -0.05) is 23.7 Å². The summed E-state index contributed by atoms with van der Waals surface area (Å²) in [5, 5.41) is 13.9. The average molecular weight is 361 g/mol. The van der Waals surface area contributed by atoms with Gasteiger partial charge in [0.2, 0.25) is 5.91 Å². The molecule has 0 spiro atoms. The number of carbonyl (C=O) groups is 1. The van der Waals surface area contributed by atoms with Gasteiger partial charge in [0, 0.05) is 24.3 Å². The second kappa shape index (κ2) is 7.23. The number of fused-ring (bicyclic) bond motifs is 1. The zero-order valence-corrected chi connectivity index (χ0v) is 13.7. The van der Waals surface area contributed by atoms with Gasteiger partial charge in [-0.2, -0.15) is 0 Å². The Kier molecular flexibility index (Phi) is 4.85. The summed E-state index contributed by atoms with van der Waals surface area (Å²) in [6, 6.07) is 9.28. The zero-order chi connectivity index (χ0) is 17.8. The molecule has 2 aromatic rings. The van der Waals surface area contributed by atoms with E-state index in [-0.39, 0.29) is 5.69 Å². The van der Waals surface area contributed by atoms with Crippen LogP contribution in [0, 0.1) is 10.1 Å². The van der Waals surface area contributed by atoms with Gasteiger partial charge >= 0.3 is 0 Å². The Morgan fingerprint density at radius 3 is 2.60 bits per heavy atom. The summed E-state index contributed by atoms with van der Waals surface area (Å²) in [4.78, 5) is 22.6. The third-order valence-electron chi connectivity index (χ3n) is 3.44. The summed E-state index contributed by atoms with van der Waals surface area (Å²) in [7, 11) is 0. The van der Waals surface area contributed by atoms with Crippen LogP contribution >= 0.6 is 11.6 Å². The number of ether oxygens (including phenoxy) is 2. The molecule has 0 aromatic heterocycles. The van der Waals surface area contributed by atoms with Crippen LogP contribution in [0.4, 0.5) is 11.4 Å². The minimum atomic E-state index is -0.505. The molecule has 0 bridgehead atoms. The monoisotopic (exact) mass is 360 g/mol. The zero-order valence-electron chi connectivity index (χ0n) is 12.9. The molecule has 0 saturated heterocycles. The van der Waals surface area contributed by atoms with E-state index in [0.717, 1.165) is 0 Å². The Hall–Kier alpha value is -3.06. The number of rotatable bonds is 4. The van der Waals surface area contributed by atoms with Crippen LogP contribution in [0.15, 0.2) is 42.5 Å². The summed E-state index contributed by atoms with van der Waals surface area (Å²) >= 11 is 6.13. The maximum absolute atomic E-state index is 12.1. The lowest BCUT2D eigenvalue weighted by molar-refractivity contribution is -0.385. The molecule has 1 heterocycles. The van der Waals surface area contributed by atoms with Crippen molar-refractivity contribution in [2.45, 2.75) is 0 Å². The first-order valence-electron chi connectivity index (χ1n) is 7.36. The van der Waals surface area contributed by atoms with Crippen LogP contribution in [0.1, 0.15) is 5.56 Å². The van der Waals surface area contributed by atoms with Crippen LogP contribution in [0.3, 0.4) is 0 Å². The standard InChI is InChI=1S/C17H13ClN2O5/c18-12-9-15-16(25-8-7-24-15)10-13(12)19-17(21)6-5-11-3-1-2-4-14(11)20(22)23/h1-6,9-10H,7-8H2,(H,19,21)/b6-5+. The first kappa shape index (κ1) is 16.8. The third kappa shape index (κ3) is 3.89. The van der Waals surface area contributed by atoms with Crippen molar-refractivity contribution >= 4 is 35.0 Å². The summed E-state index contributed by atoms with van der Waals surface area (Å²) in [5.74, 6) is 0.537. The van der Waals surface area contributed by atoms with Crippen molar-refractivity contribution in [3.8, 4) is 11.5 Å². The highest BCUT2D eigenvalue weighted by molar-refractivity contribution is 6.34. The van der Waals surface area contributed by atoms with E-state index >= 15 is 0 Å². The molecular formula is C17H13ClN2O5. The number of hydrogen-bond acceptors (Lipinski definition) is 5. The van der Waals surface area contributed by atoms with E-state index in [2.05, 4.69) is 5.32 Å². The topological polar surface area (TPSA) is 90.7 Å². The molecule has 25 heavy (non-hydrogen) atoms. The predicted octanol–water partition coefficient (Wildman–Crippen LogP) is 3.67. The van der Waals surface area contributed by atoms with Crippen molar-refractivity contribution in [2.75, 3.05) is 18.5 Å². The molecule has 128 valence electrons. The number of amides is 1. The Balaban J connectivity index is 1.76. The van der Waals surface area contributed by atoms with Gasteiger partial charge in [-0.05, 0) is 12.1 Å². The van der Waals surface area contributed by atoms with Crippen LogP contribution in [-0.4, -0.2) is 24.0 Å². The van der Waals surface area contributed by atoms with Gasteiger partial charge in [-0.3, -0.25) is 14.9 Å². The van der Waals surface area contributed by atoms with Gasteiger partial charge in [0.05, 0.1) is 21.2 Å². The number of nitrogens with one attached hydrogen (secondary N) is 1. The molecule has 0 fully saturated rings. The number of benzene rings is 2. The van der Waals surface area contributed by atoms with Crippen LogP contribution in [0.25, 0.3) is 6.08 Å². The van der Waals surface area contributed by atoms with Gasteiger partial charge in [-0.15, -0.1) is 0 Å². The lowest BCUT2D eigenvalue weighted by Gasteiger charge is -2.19. The second-order valence-corrected chi connectivity index (χ2v) is 5.52. The van der Waals surface area contributed by atoms with Crippen molar-refractivity contribution in [3.63, 3.8) is 0 Å². The largest absolute Gasteiger partial charge is 0.486 e. The Morgan fingerprint density at radius 2 is 1.88 bits per heavy atom. The van der Waals surface area contributed by atoms with E-state index < -0.39 is 10.8 Å². The van der Waals surface area contributed by atoms with Crippen molar-refractivity contribution in [1.29, 1.82) is 0 Å². The van der Waals surface area contributed by atoms with E-state index in [0.29, 0.717) is 41.0 Å². The number of nitrogens with zero attached hydrogens (tertiary/aromatic N) is 1. The lowest BCUT2D eigenvalue weighted by Crippen LogP contribution is -2.16. The highest BCUT2D eigenvalue weighted by atomic mass is 35.5. The van der Waals surface area contributed by atoms with E-state index in [1.54, 1.807) is 30.3 Å². The average Bonchev–Trinajstić information content (AvgIpc) is 2.60. The van der Waals surface area contributed by atoms with E-state index in [1.165, 1.54) is 18.2 Å². The summed E-state index contributed by atoms with van der Waals surface area (Å²) in [5.41, 5.74) is 0.614. The molecule has 0 saturated carbocycles. The van der Waals surface area contributed by atoms with E-state index in [9.17, 15) is 14.9 Å². The Morgan fingerprint density at radius 1 is 1.20 bits per heavy atom.